The third-order valence-electron chi connectivity index (χ3n) is 5.84. The van der Waals surface area contributed by atoms with E-state index in [9.17, 15) is 19.5 Å². The maximum Gasteiger partial charge on any atom is 0.407 e. The number of ether oxygens (including phenoxy) is 1. The Balaban J connectivity index is 1.45. The number of rotatable bonds is 9. The molecule has 2 aromatic carbocycles. The number of alkyl carbamates (subject to hydrolysis) is 1. The van der Waals surface area contributed by atoms with E-state index in [4.69, 9.17) is 9.84 Å². The van der Waals surface area contributed by atoms with Gasteiger partial charge >= 0.3 is 12.1 Å². The van der Waals surface area contributed by atoms with Crippen molar-refractivity contribution in [2.45, 2.75) is 24.4 Å². The standard InChI is InChI=1S/C25H25N3O6/c29-13-22(24(31)32)27-23(30)21(12-15-6-5-11-26-15)28-25(33)34-14-20-18-9-3-1-7-16(18)17-8-2-4-10-19(17)20/h1-11,20-22,26,29H,12-14H2,(H,27,30)(H,28,33)(H,31,32). The van der Waals surface area contributed by atoms with Gasteiger partial charge in [0.2, 0.25) is 5.91 Å². The fourth-order valence-corrected chi connectivity index (χ4v) is 4.16. The molecule has 0 aliphatic heterocycles. The van der Waals surface area contributed by atoms with Crippen molar-refractivity contribution < 1.29 is 29.3 Å². The Morgan fingerprint density at radius 3 is 2.12 bits per heavy atom. The van der Waals surface area contributed by atoms with Gasteiger partial charge in [0, 0.05) is 24.2 Å². The lowest BCUT2D eigenvalue weighted by molar-refractivity contribution is -0.143. The van der Waals surface area contributed by atoms with Crippen molar-refractivity contribution in [1.82, 2.24) is 15.6 Å². The molecule has 4 rings (SSSR count). The molecule has 9 nitrogen and oxygen atoms in total. The number of aliphatic carboxylic acids is 1. The lowest BCUT2D eigenvalue weighted by Crippen LogP contribution is -2.53. The number of aliphatic hydroxyl groups excluding tert-OH is 1. The molecule has 176 valence electrons. The number of nitrogens with one attached hydrogen (secondary N) is 3. The highest BCUT2D eigenvalue weighted by Crippen LogP contribution is 2.44. The van der Waals surface area contributed by atoms with Crippen LogP contribution < -0.4 is 10.6 Å². The number of aliphatic hydroxyl groups is 1. The van der Waals surface area contributed by atoms with Crippen molar-refractivity contribution in [2.75, 3.05) is 13.2 Å². The quantitative estimate of drug-likeness (QED) is 0.329. The van der Waals surface area contributed by atoms with Gasteiger partial charge in [-0.25, -0.2) is 9.59 Å². The number of amides is 2. The number of H-pyrrole nitrogens is 1. The molecule has 1 heterocycles. The highest BCUT2D eigenvalue weighted by molar-refractivity contribution is 5.89. The summed E-state index contributed by atoms with van der Waals surface area (Å²) in [6.45, 7) is -0.702. The second kappa shape index (κ2) is 10.2. The number of hydrogen-bond acceptors (Lipinski definition) is 5. The first kappa shape index (κ1) is 23.1. The van der Waals surface area contributed by atoms with E-state index in [-0.39, 0.29) is 18.9 Å². The molecule has 0 radical (unpaired) electrons. The third-order valence-corrected chi connectivity index (χ3v) is 5.84. The van der Waals surface area contributed by atoms with Gasteiger partial charge < -0.3 is 30.6 Å². The second-order valence-electron chi connectivity index (χ2n) is 8.00. The average Bonchev–Trinajstić information content (AvgIpc) is 3.46. The Bertz CT molecular complexity index is 1130. The van der Waals surface area contributed by atoms with Gasteiger partial charge in [0.05, 0.1) is 6.61 Å². The predicted octanol–water partition coefficient (Wildman–Crippen LogP) is 2.03. The van der Waals surface area contributed by atoms with E-state index in [1.54, 1.807) is 18.3 Å². The fraction of sp³-hybridized carbons (Fsp3) is 0.240. The lowest BCUT2D eigenvalue weighted by atomic mass is 9.98. The largest absolute Gasteiger partial charge is 0.480 e. The molecule has 3 aromatic rings. The molecule has 2 unspecified atom stereocenters. The van der Waals surface area contributed by atoms with Gasteiger partial charge in [-0.3, -0.25) is 4.79 Å². The number of carboxylic acids is 1. The molecule has 0 bridgehead atoms. The van der Waals surface area contributed by atoms with E-state index in [0.717, 1.165) is 22.3 Å². The molecule has 0 saturated heterocycles. The van der Waals surface area contributed by atoms with Gasteiger partial charge in [-0.15, -0.1) is 0 Å². The van der Waals surface area contributed by atoms with Crippen LogP contribution in [0.25, 0.3) is 11.1 Å². The van der Waals surface area contributed by atoms with E-state index in [1.165, 1.54) is 0 Å². The van der Waals surface area contributed by atoms with Crippen LogP contribution in [-0.2, 0) is 20.7 Å². The zero-order valence-corrected chi connectivity index (χ0v) is 18.2. The summed E-state index contributed by atoms with van der Waals surface area (Å²) in [5, 5.41) is 23.1. The number of aromatic nitrogens is 1. The molecule has 5 N–H and O–H groups in total. The molecule has 0 spiro atoms. The predicted molar refractivity (Wildman–Crippen MR) is 123 cm³/mol. The Kier molecular flexibility index (Phi) is 6.93. The summed E-state index contributed by atoms with van der Waals surface area (Å²) in [7, 11) is 0. The maximum absolute atomic E-state index is 12.7. The van der Waals surface area contributed by atoms with Crippen molar-refractivity contribution >= 4 is 18.0 Å². The third kappa shape index (κ3) is 4.94. The van der Waals surface area contributed by atoms with Crippen molar-refractivity contribution in [3.8, 4) is 11.1 Å². The van der Waals surface area contributed by atoms with E-state index in [0.29, 0.717) is 5.69 Å². The molecule has 1 aliphatic rings. The average molecular weight is 463 g/mol. The highest BCUT2D eigenvalue weighted by atomic mass is 16.5. The minimum atomic E-state index is -1.48. The molecular weight excluding hydrogens is 438 g/mol. The van der Waals surface area contributed by atoms with Crippen LogP contribution >= 0.6 is 0 Å². The van der Waals surface area contributed by atoms with Crippen molar-refractivity contribution in [3.63, 3.8) is 0 Å². The summed E-state index contributed by atoms with van der Waals surface area (Å²) in [4.78, 5) is 39.5. The second-order valence-corrected chi connectivity index (χ2v) is 8.00. The molecule has 1 aromatic heterocycles. The summed E-state index contributed by atoms with van der Waals surface area (Å²) in [6.07, 6.45) is 0.955. The van der Waals surface area contributed by atoms with Gasteiger partial charge in [0.25, 0.3) is 0 Å². The zero-order valence-electron chi connectivity index (χ0n) is 18.2. The Morgan fingerprint density at radius 1 is 0.912 bits per heavy atom. The van der Waals surface area contributed by atoms with Crippen LogP contribution in [0, 0.1) is 0 Å². The minimum Gasteiger partial charge on any atom is -0.480 e. The first-order chi connectivity index (χ1) is 16.5. The van der Waals surface area contributed by atoms with E-state index < -0.39 is 36.7 Å². The van der Waals surface area contributed by atoms with Crippen LogP contribution in [0.2, 0.25) is 0 Å². The molecule has 1 aliphatic carbocycles. The molecule has 2 atom stereocenters. The first-order valence-electron chi connectivity index (χ1n) is 10.9. The Morgan fingerprint density at radius 2 is 1.56 bits per heavy atom. The number of carbonyl (C=O) groups is 3. The number of aromatic amines is 1. The molecule has 2 amide bonds. The first-order valence-corrected chi connectivity index (χ1v) is 10.9. The number of carbonyl (C=O) groups excluding carboxylic acids is 2. The summed E-state index contributed by atoms with van der Waals surface area (Å²) in [5.74, 6) is -2.26. The normalized spacial score (nSPS) is 13.9. The molecule has 0 fully saturated rings. The summed E-state index contributed by atoms with van der Waals surface area (Å²) in [6, 6.07) is 16.8. The number of benzene rings is 2. The SMILES string of the molecule is O=C(NC(Cc1ccc[nH]1)C(=O)NC(CO)C(=O)O)OCC1c2ccccc2-c2ccccc21. The topological polar surface area (TPSA) is 141 Å². The van der Waals surface area contributed by atoms with Crippen LogP contribution in [0.3, 0.4) is 0 Å². The molecule has 34 heavy (non-hydrogen) atoms. The number of fused-ring (bicyclic) bond motifs is 3. The van der Waals surface area contributed by atoms with Gasteiger partial charge in [-0.05, 0) is 34.4 Å². The lowest BCUT2D eigenvalue weighted by Gasteiger charge is -2.21. The van der Waals surface area contributed by atoms with Gasteiger partial charge in [0.1, 0.15) is 18.7 Å². The zero-order chi connectivity index (χ0) is 24.1. The molecule has 0 saturated carbocycles. The molecule has 9 heteroatoms. The monoisotopic (exact) mass is 463 g/mol. The van der Waals surface area contributed by atoms with Crippen molar-refractivity contribution in [3.05, 3.63) is 83.7 Å². The van der Waals surface area contributed by atoms with Crippen LogP contribution in [0.4, 0.5) is 4.79 Å². The summed E-state index contributed by atoms with van der Waals surface area (Å²) >= 11 is 0. The smallest absolute Gasteiger partial charge is 0.407 e. The number of carboxylic acid groups (broad SMARTS) is 1. The van der Waals surface area contributed by atoms with E-state index >= 15 is 0 Å². The van der Waals surface area contributed by atoms with Crippen LogP contribution in [0.15, 0.2) is 66.9 Å². The summed E-state index contributed by atoms with van der Waals surface area (Å²) < 4.78 is 5.51. The van der Waals surface area contributed by atoms with Gasteiger partial charge in [-0.2, -0.15) is 0 Å². The van der Waals surface area contributed by atoms with Crippen LogP contribution in [-0.4, -0.2) is 58.5 Å². The van der Waals surface area contributed by atoms with Crippen molar-refractivity contribution in [1.29, 1.82) is 0 Å². The maximum atomic E-state index is 12.7. The van der Waals surface area contributed by atoms with Gasteiger partial charge in [-0.1, -0.05) is 48.5 Å². The van der Waals surface area contributed by atoms with Gasteiger partial charge in [0.15, 0.2) is 0 Å². The summed E-state index contributed by atoms with van der Waals surface area (Å²) in [5.41, 5.74) is 4.98. The molecular formula is C25H25N3O6. The fourth-order valence-electron chi connectivity index (χ4n) is 4.16. The minimum absolute atomic E-state index is 0.0745. The van der Waals surface area contributed by atoms with E-state index in [1.807, 2.05) is 48.5 Å². The number of hydrogen-bond donors (Lipinski definition) is 5. The van der Waals surface area contributed by atoms with Crippen LogP contribution in [0.5, 0.6) is 0 Å². The van der Waals surface area contributed by atoms with E-state index in [2.05, 4.69) is 15.6 Å². The van der Waals surface area contributed by atoms with Crippen molar-refractivity contribution in [2.24, 2.45) is 0 Å². The Labute approximate surface area is 195 Å². The highest BCUT2D eigenvalue weighted by Gasteiger charge is 2.30. The Hall–Kier alpha value is -4.11. The van der Waals surface area contributed by atoms with Crippen LogP contribution in [0.1, 0.15) is 22.7 Å².